The first kappa shape index (κ1) is 22.4. The normalized spacial score (nSPS) is 11.8. The average molecular weight is 317 g/mol. The van der Waals surface area contributed by atoms with Gasteiger partial charge < -0.3 is 24.3 Å². The van der Waals surface area contributed by atoms with E-state index >= 15 is 0 Å². The summed E-state index contributed by atoms with van der Waals surface area (Å²) >= 11 is 0. The van der Waals surface area contributed by atoms with Crippen LogP contribution >= 0.6 is 0 Å². The summed E-state index contributed by atoms with van der Waals surface area (Å²) in [5.41, 5.74) is 0.722. The van der Waals surface area contributed by atoms with Crippen LogP contribution < -0.4 is 15.6 Å². The summed E-state index contributed by atoms with van der Waals surface area (Å²) in [6.07, 6.45) is 1.27. The van der Waals surface area contributed by atoms with Crippen molar-refractivity contribution in [1.82, 2.24) is 5.43 Å². The Hall–Kier alpha value is -1.93. The maximum atomic E-state index is 10.7. The van der Waals surface area contributed by atoms with Gasteiger partial charge in [0.1, 0.15) is 11.9 Å². The van der Waals surface area contributed by atoms with Crippen molar-refractivity contribution in [1.29, 1.82) is 0 Å². The number of hydrogen-bond donors (Lipinski definition) is 1. The Bertz CT molecular complexity index is 424. The van der Waals surface area contributed by atoms with Crippen LogP contribution in [0.15, 0.2) is 12.7 Å². The zero-order valence-electron chi connectivity index (χ0n) is 14.4. The van der Waals surface area contributed by atoms with Crippen molar-refractivity contribution in [2.24, 2.45) is 0 Å². The minimum atomic E-state index is -2.01. The van der Waals surface area contributed by atoms with Crippen LogP contribution in [0, 0.1) is 0 Å². The molecule has 0 bridgehead atoms. The quantitative estimate of drug-likeness (QED) is 0.247. The van der Waals surface area contributed by atoms with Gasteiger partial charge in [0.25, 0.3) is 5.91 Å². The molecule has 0 aromatic rings. The van der Waals surface area contributed by atoms with Gasteiger partial charge in [0.05, 0.1) is 41.8 Å². The van der Waals surface area contributed by atoms with Crippen LogP contribution in [0.2, 0.25) is 0 Å². The molecular formula is C14H27N3O5. The first-order chi connectivity index (χ1) is 9.65. The molecule has 0 unspecified atom stereocenters. The van der Waals surface area contributed by atoms with Gasteiger partial charge in [0, 0.05) is 13.0 Å². The van der Waals surface area contributed by atoms with Crippen LogP contribution in [-0.4, -0.2) is 74.2 Å². The lowest BCUT2D eigenvalue weighted by Crippen LogP contribution is -2.71. The molecule has 0 radical (unpaired) electrons. The molecule has 1 N–H and O–H groups in total. The van der Waals surface area contributed by atoms with Crippen LogP contribution in [0.3, 0.4) is 0 Å². The minimum Gasteiger partial charge on any atom is -0.543 e. The Labute approximate surface area is 131 Å². The molecule has 0 aliphatic heterocycles. The van der Waals surface area contributed by atoms with Gasteiger partial charge in [-0.2, -0.15) is 5.43 Å². The van der Waals surface area contributed by atoms with Crippen LogP contribution in [-0.2, 0) is 14.4 Å². The highest BCUT2D eigenvalue weighted by molar-refractivity contribution is 5.99. The SMILES string of the molecule is C=CC(=O)N[N+](C)(C)CC.CC(C(=O)[O-])(C(=O)[O-])[N+](C)(C)C. The molecule has 128 valence electrons. The molecule has 0 spiro atoms. The largest absolute Gasteiger partial charge is 0.543 e. The van der Waals surface area contributed by atoms with Gasteiger partial charge in [-0.15, -0.1) is 0 Å². The van der Waals surface area contributed by atoms with Gasteiger partial charge in [-0.1, -0.05) is 6.58 Å². The zero-order chi connectivity index (χ0) is 18.4. The van der Waals surface area contributed by atoms with Crippen molar-refractivity contribution in [3.8, 4) is 0 Å². The molecule has 0 aliphatic carbocycles. The maximum absolute atomic E-state index is 10.7. The summed E-state index contributed by atoms with van der Waals surface area (Å²) in [6.45, 7) is 7.29. The smallest absolute Gasteiger partial charge is 0.288 e. The molecule has 0 heterocycles. The highest BCUT2D eigenvalue weighted by Crippen LogP contribution is 2.16. The number of carbonyl (C=O) groups excluding carboxylic acids is 3. The Morgan fingerprint density at radius 2 is 1.45 bits per heavy atom. The molecule has 8 heteroatoms. The number of carboxylic acids is 2. The number of carboxylic acid groups (broad SMARTS) is 2. The Morgan fingerprint density at radius 3 is 1.59 bits per heavy atom. The standard InChI is InChI=1S/C7H14N2O.C7H13NO4/c1-5-7(10)8-9(3,4)6-2;1-7(5(9)10,6(11)12)8(2,3)4/h5H,1,6H2,2-4H3;1-4H3,(H-,9,10,11,12). The van der Waals surface area contributed by atoms with Gasteiger partial charge in [-0.05, 0) is 6.92 Å². The molecular weight excluding hydrogens is 290 g/mol. The molecule has 0 rings (SSSR count). The second-order valence-corrected chi connectivity index (χ2v) is 6.34. The highest BCUT2D eigenvalue weighted by atomic mass is 16.4. The Balaban J connectivity index is 0. The summed E-state index contributed by atoms with van der Waals surface area (Å²) < 4.78 is 0.211. The van der Waals surface area contributed by atoms with E-state index in [0.29, 0.717) is 4.59 Å². The summed E-state index contributed by atoms with van der Waals surface area (Å²) in [5.74, 6) is -3.42. The van der Waals surface area contributed by atoms with Crippen molar-refractivity contribution >= 4 is 17.8 Å². The molecule has 0 aromatic carbocycles. The molecule has 0 aliphatic rings. The van der Waals surface area contributed by atoms with E-state index in [0.717, 1.165) is 13.5 Å². The third kappa shape index (κ3) is 6.23. The van der Waals surface area contributed by atoms with E-state index in [9.17, 15) is 24.6 Å². The third-order valence-corrected chi connectivity index (χ3v) is 3.53. The number of amides is 1. The number of likely N-dealkylation sites (N-methyl/N-ethyl adjacent to an activating group) is 1. The molecule has 0 fully saturated rings. The van der Waals surface area contributed by atoms with Gasteiger partial charge in [0.2, 0.25) is 0 Å². The zero-order valence-corrected chi connectivity index (χ0v) is 14.4. The van der Waals surface area contributed by atoms with Gasteiger partial charge in [0.15, 0.2) is 5.54 Å². The number of hydrogen-bond acceptors (Lipinski definition) is 5. The summed E-state index contributed by atoms with van der Waals surface area (Å²) in [7, 11) is 8.19. The van der Waals surface area contributed by atoms with Gasteiger partial charge in [-0.25, -0.2) is 4.59 Å². The lowest BCUT2D eigenvalue weighted by Gasteiger charge is -2.44. The topological polar surface area (TPSA) is 109 Å². The van der Waals surface area contributed by atoms with E-state index in [1.807, 2.05) is 21.0 Å². The molecule has 8 nitrogen and oxygen atoms in total. The lowest BCUT2D eigenvalue weighted by atomic mass is 9.99. The summed E-state index contributed by atoms with van der Waals surface area (Å²) in [4.78, 5) is 31.9. The second kappa shape index (κ2) is 7.90. The van der Waals surface area contributed by atoms with Crippen molar-refractivity contribution in [3.63, 3.8) is 0 Å². The van der Waals surface area contributed by atoms with Crippen LogP contribution in [0.25, 0.3) is 0 Å². The summed E-state index contributed by atoms with van der Waals surface area (Å²) in [5, 5.41) is 21.1. The number of nitrogens with one attached hydrogen (secondary N) is 1. The Kier molecular flexibility index (Phi) is 8.03. The number of carbonyl (C=O) groups is 3. The summed E-state index contributed by atoms with van der Waals surface area (Å²) in [6, 6.07) is 0. The lowest BCUT2D eigenvalue weighted by molar-refractivity contribution is -0.923. The second-order valence-electron chi connectivity index (χ2n) is 6.34. The van der Waals surface area contributed by atoms with Crippen molar-refractivity contribution in [3.05, 3.63) is 12.7 Å². The van der Waals surface area contributed by atoms with Crippen molar-refractivity contribution in [2.75, 3.05) is 41.8 Å². The molecule has 22 heavy (non-hydrogen) atoms. The number of aliphatic carboxylic acids is 2. The fourth-order valence-corrected chi connectivity index (χ4v) is 1.05. The number of rotatable bonds is 6. The third-order valence-electron chi connectivity index (χ3n) is 3.53. The van der Waals surface area contributed by atoms with Gasteiger partial charge >= 0.3 is 0 Å². The van der Waals surface area contributed by atoms with E-state index in [1.165, 1.54) is 27.2 Å². The van der Waals surface area contributed by atoms with Crippen LogP contribution in [0.1, 0.15) is 13.8 Å². The van der Waals surface area contributed by atoms with Crippen LogP contribution in [0.4, 0.5) is 0 Å². The van der Waals surface area contributed by atoms with E-state index in [1.54, 1.807) is 0 Å². The first-order valence-electron chi connectivity index (χ1n) is 6.67. The van der Waals surface area contributed by atoms with E-state index < -0.39 is 17.5 Å². The molecule has 0 aromatic heterocycles. The number of quaternary nitrogens is 2. The number of nitrogens with zero attached hydrogens (tertiary/aromatic N) is 2. The van der Waals surface area contributed by atoms with Crippen molar-refractivity contribution in [2.45, 2.75) is 19.4 Å². The predicted octanol–water partition coefficient (Wildman–Crippen LogP) is -2.75. The van der Waals surface area contributed by atoms with E-state index in [4.69, 9.17) is 0 Å². The Morgan fingerprint density at radius 1 is 1.09 bits per heavy atom. The van der Waals surface area contributed by atoms with Crippen LogP contribution in [0.5, 0.6) is 0 Å². The monoisotopic (exact) mass is 317 g/mol. The van der Waals surface area contributed by atoms with E-state index in [2.05, 4.69) is 12.0 Å². The van der Waals surface area contributed by atoms with Gasteiger partial charge in [-0.3, -0.25) is 4.79 Å². The maximum Gasteiger partial charge on any atom is 0.288 e. The predicted molar refractivity (Wildman–Crippen MR) is 77.4 cm³/mol. The molecule has 0 saturated carbocycles. The fraction of sp³-hybridized carbons (Fsp3) is 0.643. The molecule has 0 atom stereocenters. The average Bonchev–Trinajstić information content (AvgIpc) is 2.35. The van der Waals surface area contributed by atoms with E-state index in [-0.39, 0.29) is 10.4 Å². The fourth-order valence-electron chi connectivity index (χ4n) is 1.05. The molecule has 0 saturated heterocycles. The molecule has 1 amide bonds. The van der Waals surface area contributed by atoms with Crippen molar-refractivity contribution < 1.29 is 33.7 Å². The first-order valence-corrected chi connectivity index (χ1v) is 6.67. The highest BCUT2D eigenvalue weighted by Gasteiger charge is 2.41. The minimum absolute atomic E-state index is 0.133.